The van der Waals surface area contributed by atoms with Crippen LogP contribution in [0.1, 0.15) is 11.1 Å². The Morgan fingerprint density at radius 3 is 1.02 bits per heavy atom. The molecule has 4 saturated carbocycles. The summed E-state index contributed by atoms with van der Waals surface area (Å²) in [5.41, 5.74) is 1.60. The van der Waals surface area contributed by atoms with E-state index < -0.39 is 84.2 Å². The zero-order chi connectivity index (χ0) is 32.7. The van der Waals surface area contributed by atoms with Gasteiger partial charge < -0.3 is 18.9 Å². The van der Waals surface area contributed by atoms with E-state index in [1.807, 2.05) is 12.1 Å². The van der Waals surface area contributed by atoms with Crippen LogP contribution in [0.25, 0.3) is 0 Å². The molecule has 0 unspecified atom stereocenters. The van der Waals surface area contributed by atoms with Crippen molar-refractivity contribution in [3.8, 4) is 0 Å². The van der Waals surface area contributed by atoms with E-state index in [4.69, 9.17) is 18.9 Å². The predicted molar refractivity (Wildman–Crippen MR) is 151 cm³/mol. The van der Waals surface area contributed by atoms with Crippen LogP contribution in [0.15, 0.2) is 72.8 Å². The monoisotopic (exact) mass is 660 g/mol. The summed E-state index contributed by atoms with van der Waals surface area (Å²) in [7, 11) is 0. The van der Waals surface area contributed by atoms with E-state index in [1.54, 1.807) is 48.5 Å². The molecule has 0 aromatic heterocycles. The molecule has 8 atom stereocenters. The molecule has 4 fully saturated rings. The molecule has 0 saturated heterocycles. The Morgan fingerprint density at radius 1 is 0.435 bits per heavy atom. The van der Waals surface area contributed by atoms with Gasteiger partial charge in [-0.05, 0) is 11.1 Å². The maximum Gasteiger partial charge on any atom is 0.257 e. The van der Waals surface area contributed by atoms with Crippen molar-refractivity contribution in [1.29, 1.82) is 0 Å². The lowest BCUT2D eigenvalue weighted by molar-refractivity contribution is 0.0367. The molecular formula is C34H36F8O4. The molecular weight excluding hydrogens is 624 g/mol. The fourth-order valence-electron chi connectivity index (χ4n) is 6.90. The Hall–Kier alpha value is -2.54. The molecule has 46 heavy (non-hydrogen) atoms. The molecule has 6 rings (SSSR count). The van der Waals surface area contributed by atoms with Gasteiger partial charge in [-0.1, -0.05) is 72.8 Å². The van der Waals surface area contributed by atoms with E-state index in [0.29, 0.717) is 0 Å². The van der Waals surface area contributed by atoms with Crippen LogP contribution < -0.4 is 0 Å². The summed E-state index contributed by atoms with van der Waals surface area (Å²) in [6.45, 7) is -1.40. The second kappa shape index (κ2) is 12.8. The first kappa shape index (κ1) is 33.4. The van der Waals surface area contributed by atoms with Gasteiger partial charge in [0.25, 0.3) is 23.7 Å². The van der Waals surface area contributed by atoms with Crippen LogP contribution in [-0.4, -0.2) is 63.3 Å². The number of ether oxygens (including phenoxy) is 4. The molecule has 4 aliphatic rings. The fraction of sp³-hybridized carbons (Fsp3) is 0.588. The summed E-state index contributed by atoms with van der Waals surface area (Å²) < 4.78 is 136. The van der Waals surface area contributed by atoms with E-state index in [2.05, 4.69) is 0 Å². The molecule has 252 valence electrons. The molecule has 0 aliphatic heterocycles. The lowest BCUT2D eigenvalue weighted by Crippen LogP contribution is -2.04. The van der Waals surface area contributed by atoms with Crippen molar-refractivity contribution in [2.75, 3.05) is 39.6 Å². The fourth-order valence-corrected chi connectivity index (χ4v) is 6.90. The minimum absolute atomic E-state index is 0.103. The van der Waals surface area contributed by atoms with Gasteiger partial charge in [-0.3, -0.25) is 0 Å². The van der Waals surface area contributed by atoms with Crippen molar-refractivity contribution >= 4 is 0 Å². The predicted octanol–water partition coefficient (Wildman–Crippen LogP) is 7.53. The van der Waals surface area contributed by atoms with Crippen molar-refractivity contribution in [3.63, 3.8) is 0 Å². The first-order valence-electron chi connectivity index (χ1n) is 15.4. The van der Waals surface area contributed by atoms with Crippen molar-refractivity contribution in [3.05, 3.63) is 83.9 Å². The van der Waals surface area contributed by atoms with Crippen molar-refractivity contribution in [2.24, 2.45) is 47.3 Å². The molecule has 2 aromatic carbocycles. The van der Waals surface area contributed by atoms with E-state index in [1.165, 1.54) is 12.2 Å². The normalized spacial score (nSPS) is 34.0. The number of alkyl halides is 8. The number of hydrogen-bond acceptors (Lipinski definition) is 4. The van der Waals surface area contributed by atoms with Gasteiger partial charge in [0.05, 0.1) is 76.5 Å². The van der Waals surface area contributed by atoms with Crippen LogP contribution in [0.5, 0.6) is 0 Å². The highest BCUT2D eigenvalue weighted by atomic mass is 19.3. The van der Waals surface area contributed by atoms with Crippen LogP contribution in [0, 0.1) is 47.3 Å². The number of halogens is 8. The van der Waals surface area contributed by atoms with Gasteiger partial charge in [0.15, 0.2) is 0 Å². The standard InChI is InChI=1S/C34H36F8O4/c35-31(36)23(27(31)29-25(33(29,39)40)19-45-15-21-9-3-1-4-10-21)17-43-13-7-8-14-44-18-24-28(32(24,37)38)30-26(34(30,41)42)20-46-16-22-11-5-2-6-12-22/h1-12,23-30H,13-20H2/b8-7+/t23-,24-,25+,26+,27+,28+,29-,30-/m0/s1. The average Bonchev–Trinajstić information content (AvgIpc) is 3.96. The molecule has 0 spiro atoms. The lowest BCUT2D eigenvalue weighted by Gasteiger charge is -2.03. The molecule has 0 radical (unpaired) electrons. The van der Waals surface area contributed by atoms with E-state index in [-0.39, 0.29) is 39.6 Å². The van der Waals surface area contributed by atoms with E-state index >= 15 is 0 Å². The van der Waals surface area contributed by atoms with Gasteiger partial charge in [-0.2, -0.15) is 0 Å². The quantitative estimate of drug-likeness (QED) is 0.0942. The second-order valence-corrected chi connectivity index (χ2v) is 12.8. The van der Waals surface area contributed by atoms with Crippen molar-refractivity contribution < 1.29 is 54.1 Å². The summed E-state index contributed by atoms with van der Waals surface area (Å²) in [5, 5.41) is 0. The van der Waals surface area contributed by atoms with Crippen molar-refractivity contribution in [1.82, 2.24) is 0 Å². The second-order valence-electron chi connectivity index (χ2n) is 12.8. The molecule has 12 heteroatoms. The van der Waals surface area contributed by atoms with Crippen LogP contribution >= 0.6 is 0 Å². The average molecular weight is 661 g/mol. The molecule has 0 amide bonds. The van der Waals surface area contributed by atoms with Crippen LogP contribution in [0.2, 0.25) is 0 Å². The van der Waals surface area contributed by atoms with Gasteiger partial charge >= 0.3 is 0 Å². The highest BCUT2D eigenvalue weighted by Crippen LogP contribution is 2.73. The largest absolute Gasteiger partial charge is 0.377 e. The third kappa shape index (κ3) is 6.73. The summed E-state index contributed by atoms with van der Waals surface area (Å²) in [5.74, 6) is -24.0. The third-order valence-electron chi connectivity index (χ3n) is 9.83. The minimum atomic E-state index is -3.26. The summed E-state index contributed by atoms with van der Waals surface area (Å²) in [6, 6.07) is 17.9. The molecule has 4 aliphatic carbocycles. The lowest BCUT2D eigenvalue weighted by atomic mass is 10.2. The molecule has 4 nitrogen and oxygen atoms in total. The Balaban J connectivity index is 0.853. The number of hydrogen-bond donors (Lipinski definition) is 0. The van der Waals surface area contributed by atoms with Crippen molar-refractivity contribution in [2.45, 2.75) is 36.9 Å². The highest BCUT2D eigenvalue weighted by Gasteiger charge is 2.85. The maximum atomic E-state index is 14.4. The first-order valence-corrected chi connectivity index (χ1v) is 15.4. The topological polar surface area (TPSA) is 36.9 Å². The van der Waals surface area contributed by atoms with Crippen LogP contribution in [0.3, 0.4) is 0 Å². The minimum Gasteiger partial charge on any atom is -0.377 e. The smallest absolute Gasteiger partial charge is 0.257 e. The Kier molecular flexibility index (Phi) is 9.30. The van der Waals surface area contributed by atoms with Crippen LogP contribution in [0.4, 0.5) is 35.1 Å². The van der Waals surface area contributed by atoms with Gasteiger partial charge in [0.1, 0.15) is 0 Å². The molecule has 0 N–H and O–H groups in total. The van der Waals surface area contributed by atoms with E-state index in [0.717, 1.165) is 11.1 Å². The Bertz CT molecular complexity index is 1240. The zero-order valence-corrected chi connectivity index (χ0v) is 24.9. The highest BCUT2D eigenvalue weighted by molar-refractivity contribution is 5.22. The first-order chi connectivity index (χ1) is 21.9. The third-order valence-corrected chi connectivity index (χ3v) is 9.83. The molecule has 2 aromatic rings. The van der Waals surface area contributed by atoms with Gasteiger partial charge in [0, 0.05) is 23.7 Å². The molecule has 0 bridgehead atoms. The zero-order valence-electron chi connectivity index (χ0n) is 24.9. The number of rotatable bonds is 18. The van der Waals surface area contributed by atoms with Crippen LogP contribution in [-0.2, 0) is 32.2 Å². The Morgan fingerprint density at radius 2 is 0.717 bits per heavy atom. The number of benzene rings is 2. The van der Waals surface area contributed by atoms with Gasteiger partial charge in [-0.15, -0.1) is 0 Å². The maximum absolute atomic E-state index is 14.4. The summed E-state index contributed by atoms with van der Waals surface area (Å²) in [6.07, 6.45) is 2.89. The SMILES string of the molecule is FC1(F)[C@H]([C@H]2[C@H](COC/C=C/COC[C@H]3[C@H]([C@@H]4[C@@H](COCc5ccccc5)C4(F)F)C3(F)F)C2(F)F)[C@H]1COCc1ccccc1. The van der Waals surface area contributed by atoms with Gasteiger partial charge in [-0.25, -0.2) is 35.1 Å². The van der Waals surface area contributed by atoms with Gasteiger partial charge in [0.2, 0.25) is 0 Å². The Labute approximate surface area is 262 Å². The van der Waals surface area contributed by atoms with E-state index in [9.17, 15) is 35.1 Å². The molecule has 0 heterocycles. The summed E-state index contributed by atoms with van der Waals surface area (Å²) >= 11 is 0. The summed E-state index contributed by atoms with van der Waals surface area (Å²) in [4.78, 5) is 0.